The summed E-state index contributed by atoms with van der Waals surface area (Å²) < 4.78 is 0. The molecule has 0 bridgehead atoms. The third kappa shape index (κ3) is 3.01. The van der Waals surface area contributed by atoms with E-state index < -0.39 is 0 Å². The Kier molecular flexibility index (Phi) is 3.73. The number of oxime groups is 1. The van der Waals surface area contributed by atoms with Crippen molar-refractivity contribution in [1.29, 1.82) is 0 Å². The standard InChI is InChI=1S/C14H21N5O/c15-14(17-20)13-4-3-12(9-16-13)19-7-5-18(6-8-19)10-11-1-2-11/h3-4,9,11,20H,1-2,5-8,10H2,(H2,15,17). The Morgan fingerprint density at radius 1 is 1.30 bits per heavy atom. The average molecular weight is 275 g/mol. The van der Waals surface area contributed by atoms with Crippen LogP contribution in [0.25, 0.3) is 0 Å². The molecule has 108 valence electrons. The van der Waals surface area contributed by atoms with Gasteiger partial charge in [-0.05, 0) is 30.9 Å². The van der Waals surface area contributed by atoms with Crippen molar-refractivity contribution in [1.82, 2.24) is 9.88 Å². The first-order valence-electron chi connectivity index (χ1n) is 7.17. The summed E-state index contributed by atoms with van der Waals surface area (Å²) in [5.74, 6) is 1.01. The lowest BCUT2D eigenvalue weighted by Crippen LogP contribution is -2.47. The second-order valence-corrected chi connectivity index (χ2v) is 5.62. The van der Waals surface area contributed by atoms with Gasteiger partial charge in [0, 0.05) is 32.7 Å². The van der Waals surface area contributed by atoms with Gasteiger partial charge in [0.15, 0.2) is 5.84 Å². The molecule has 1 aromatic rings. The van der Waals surface area contributed by atoms with Gasteiger partial charge in [-0.3, -0.25) is 9.88 Å². The summed E-state index contributed by atoms with van der Waals surface area (Å²) in [4.78, 5) is 9.13. The highest BCUT2D eigenvalue weighted by Gasteiger charge is 2.26. The zero-order valence-electron chi connectivity index (χ0n) is 11.6. The lowest BCUT2D eigenvalue weighted by atomic mass is 10.2. The van der Waals surface area contributed by atoms with E-state index in [0.717, 1.165) is 37.8 Å². The molecule has 3 rings (SSSR count). The lowest BCUT2D eigenvalue weighted by molar-refractivity contribution is 0.248. The predicted molar refractivity (Wildman–Crippen MR) is 78.1 cm³/mol. The van der Waals surface area contributed by atoms with E-state index in [1.165, 1.54) is 19.4 Å². The van der Waals surface area contributed by atoms with E-state index in [1.807, 2.05) is 6.07 Å². The minimum atomic E-state index is 0.0470. The van der Waals surface area contributed by atoms with Crippen LogP contribution in [0.5, 0.6) is 0 Å². The van der Waals surface area contributed by atoms with Gasteiger partial charge in [-0.15, -0.1) is 0 Å². The molecule has 6 heteroatoms. The summed E-state index contributed by atoms with van der Waals surface area (Å²) >= 11 is 0. The average Bonchev–Trinajstić information content (AvgIpc) is 3.31. The van der Waals surface area contributed by atoms with E-state index in [-0.39, 0.29) is 5.84 Å². The van der Waals surface area contributed by atoms with Crippen LogP contribution in [0.2, 0.25) is 0 Å². The molecule has 0 unspecified atom stereocenters. The van der Waals surface area contributed by atoms with Gasteiger partial charge in [0.1, 0.15) is 5.69 Å². The van der Waals surface area contributed by atoms with Gasteiger partial charge in [0.05, 0.1) is 11.9 Å². The number of rotatable bonds is 4. The van der Waals surface area contributed by atoms with Crippen molar-refractivity contribution in [3.63, 3.8) is 0 Å². The molecule has 6 nitrogen and oxygen atoms in total. The second kappa shape index (κ2) is 5.66. The maximum atomic E-state index is 8.62. The molecule has 2 aliphatic rings. The molecule has 1 aliphatic carbocycles. The van der Waals surface area contributed by atoms with Gasteiger partial charge in [0.2, 0.25) is 0 Å². The van der Waals surface area contributed by atoms with Crippen molar-refractivity contribution in [3.8, 4) is 0 Å². The lowest BCUT2D eigenvalue weighted by Gasteiger charge is -2.36. The first-order chi connectivity index (χ1) is 9.76. The number of aromatic nitrogens is 1. The highest BCUT2D eigenvalue weighted by Crippen LogP contribution is 2.30. The molecule has 1 aromatic heterocycles. The fourth-order valence-corrected chi connectivity index (χ4v) is 2.63. The Balaban J connectivity index is 1.57. The third-order valence-electron chi connectivity index (χ3n) is 4.07. The Bertz CT molecular complexity index is 475. The van der Waals surface area contributed by atoms with Crippen LogP contribution in [-0.4, -0.2) is 53.7 Å². The quantitative estimate of drug-likeness (QED) is 0.366. The Morgan fingerprint density at radius 3 is 2.60 bits per heavy atom. The fourth-order valence-electron chi connectivity index (χ4n) is 2.63. The molecule has 1 saturated heterocycles. The molecule has 1 saturated carbocycles. The first kappa shape index (κ1) is 13.2. The van der Waals surface area contributed by atoms with Crippen molar-refractivity contribution >= 4 is 11.5 Å². The molecule has 20 heavy (non-hydrogen) atoms. The second-order valence-electron chi connectivity index (χ2n) is 5.62. The van der Waals surface area contributed by atoms with E-state index in [9.17, 15) is 0 Å². The molecule has 3 N–H and O–H groups in total. The predicted octanol–water partition coefficient (Wildman–Crippen LogP) is 0.708. The summed E-state index contributed by atoms with van der Waals surface area (Å²) in [6.07, 6.45) is 4.63. The number of pyridine rings is 1. The van der Waals surface area contributed by atoms with Crippen LogP contribution in [-0.2, 0) is 0 Å². The van der Waals surface area contributed by atoms with Gasteiger partial charge in [-0.2, -0.15) is 0 Å². The molecule has 0 amide bonds. The van der Waals surface area contributed by atoms with Gasteiger partial charge in [0.25, 0.3) is 0 Å². The Labute approximate surface area is 118 Å². The zero-order valence-corrected chi connectivity index (χ0v) is 11.6. The van der Waals surface area contributed by atoms with Crippen LogP contribution < -0.4 is 10.6 Å². The SMILES string of the molecule is N/C(=N/O)c1ccc(N2CCN(CC3CC3)CC2)cn1. The number of amidine groups is 1. The molecule has 0 atom stereocenters. The van der Waals surface area contributed by atoms with Crippen molar-refractivity contribution in [2.75, 3.05) is 37.6 Å². The minimum Gasteiger partial charge on any atom is -0.409 e. The Hall–Kier alpha value is -1.82. The summed E-state index contributed by atoms with van der Waals surface area (Å²) in [5, 5.41) is 11.6. The van der Waals surface area contributed by atoms with Gasteiger partial charge < -0.3 is 15.8 Å². The topological polar surface area (TPSA) is 78.0 Å². The maximum absolute atomic E-state index is 8.62. The van der Waals surface area contributed by atoms with Gasteiger partial charge in [-0.1, -0.05) is 5.16 Å². The normalized spacial score (nSPS) is 21.2. The number of nitrogens with two attached hydrogens (primary N) is 1. The van der Waals surface area contributed by atoms with E-state index in [2.05, 4.69) is 19.9 Å². The van der Waals surface area contributed by atoms with Crippen LogP contribution in [0.1, 0.15) is 18.5 Å². The van der Waals surface area contributed by atoms with E-state index in [0.29, 0.717) is 5.69 Å². The van der Waals surface area contributed by atoms with Crippen LogP contribution in [0, 0.1) is 5.92 Å². The molecule has 0 radical (unpaired) electrons. The number of hydrogen-bond acceptors (Lipinski definition) is 5. The monoisotopic (exact) mass is 275 g/mol. The Morgan fingerprint density at radius 2 is 2.05 bits per heavy atom. The van der Waals surface area contributed by atoms with Crippen molar-refractivity contribution in [2.45, 2.75) is 12.8 Å². The summed E-state index contributed by atoms with van der Waals surface area (Å²) in [6, 6.07) is 3.78. The molecular formula is C14H21N5O. The van der Waals surface area contributed by atoms with E-state index >= 15 is 0 Å². The minimum absolute atomic E-state index is 0.0470. The first-order valence-corrected chi connectivity index (χ1v) is 7.17. The smallest absolute Gasteiger partial charge is 0.188 e. The summed E-state index contributed by atoms with van der Waals surface area (Å²) in [6.45, 7) is 5.60. The molecule has 2 heterocycles. The molecule has 2 fully saturated rings. The number of anilines is 1. The third-order valence-corrected chi connectivity index (χ3v) is 4.07. The van der Waals surface area contributed by atoms with Crippen LogP contribution in [0.3, 0.4) is 0 Å². The van der Waals surface area contributed by atoms with Gasteiger partial charge in [-0.25, -0.2) is 0 Å². The maximum Gasteiger partial charge on any atom is 0.188 e. The molecular weight excluding hydrogens is 254 g/mol. The van der Waals surface area contributed by atoms with Crippen LogP contribution in [0.4, 0.5) is 5.69 Å². The number of hydrogen-bond donors (Lipinski definition) is 2. The molecule has 1 aliphatic heterocycles. The van der Waals surface area contributed by atoms with Crippen molar-refractivity contribution in [3.05, 3.63) is 24.0 Å². The molecule has 0 spiro atoms. The zero-order chi connectivity index (χ0) is 13.9. The summed E-state index contributed by atoms with van der Waals surface area (Å²) in [7, 11) is 0. The van der Waals surface area contributed by atoms with Crippen LogP contribution in [0.15, 0.2) is 23.5 Å². The van der Waals surface area contributed by atoms with Crippen molar-refractivity contribution < 1.29 is 5.21 Å². The number of nitrogens with zero attached hydrogens (tertiary/aromatic N) is 4. The van der Waals surface area contributed by atoms with E-state index in [1.54, 1.807) is 12.3 Å². The molecule has 0 aromatic carbocycles. The highest BCUT2D eigenvalue weighted by atomic mass is 16.4. The van der Waals surface area contributed by atoms with E-state index in [4.69, 9.17) is 10.9 Å². The summed E-state index contributed by atoms with van der Waals surface area (Å²) in [5.41, 5.74) is 7.12. The highest BCUT2D eigenvalue weighted by molar-refractivity contribution is 5.95. The fraction of sp³-hybridized carbons (Fsp3) is 0.571. The van der Waals surface area contributed by atoms with Gasteiger partial charge >= 0.3 is 0 Å². The van der Waals surface area contributed by atoms with Crippen molar-refractivity contribution in [2.24, 2.45) is 16.8 Å². The van der Waals surface area contributed by atoms with Crippen LogP contribution >= 0.6 is 0 Å². The largest absolute Gasteiger partial charge is 0.409 e. The number of piperazine rings is 1.